The van der Waals surface area contributed by atoms with E-state index in [4.69, 9.17) is 0 Å². The highest BCUT2D eigenvalue weighted by molar-refractivity contribution is 5.95. The SMILES string of the molecule is O=C(NCCc1ccn(-c2ccccc2)n1)Nc1ccc(C(=O)N2CCCCCC2)cc1. The van der Waals surface area contributed by atoms with Gasteiger partial charge in [0.05, 0.1) is 11.4 Å². The molecule has 2 heterocycles. The monoisotopic (exact) mass is 431 g/mol. The van der Waals surface area contributed by atoms with Gasteiger partial charge in [0.1, 0.15) is 0 Å². The Morgan fingerprint density at radius 3 is 2.31 bits per heavy atom. The first-order chi connectivity index (χ1) is 15.7. The number of aromatic nitrogens is 2. The number of carbonyl (C=O) groups is 2. The molecule has 0 bridgehead atoms. The van der Waals surface area contributed by atoms with Crippen LogP contribution in [0.5, 0.6) is 0 Å². The van der Waals surface area contributed by atoms with Crippen LogP contribution in [0.25, 0.3) is 5.69 Å². The topological polar surface area (TPSA) is 79.3 Å². The number of nitrogens with zero attached hydrogens (tertiary/aromatic N) is 3. The number of urea groups is 1. The largest absolute Gasteiger partial charge is 0.339 e. The van der Waals surface area contributed by atoms with Gasteiger partial charge in [0.2, 0.25) is 0 Å². The highest BCUT2D eigenvalue weighted by atomic mass is 16.2. The molecule has 32 heavy (non-hydrogen) atoms. The van der Waals surface area contributed by atoms with E-state index in [1.165, 1.54) is 12.8 Å². The number of anilines is 1. The number of rotatable bonds is 6. The average molecular weight is 432 g/mol. The van der Waals surface area contributed by atoms with E-state index in [9.17, 15) is 9.59 Å². The van der Waals surface area contributed by atoms with E-state index < -0.39 is 0 Å². The molecule has 0 saturated carbocycles. The summed E-state index contributed by atoms with van der Waals surface area (Å²) in [5.41, 5.74) is 3.22. The molecule has 0 aliphatic carbocycles. The van der Waals surface area contributed by atoms with Gasteiger partial charge >= 0.3 is 6.03 Å². The van der Waals surface area contributed by atoms with Crippen LogP contribution in [0, 0.1) is 0 Å². The van der Waals surface area contributed by atoms with Crippen LogP contribution in [0.4, 0.5) is 10.5 Å². The van der Waals surface area contributed by atoms with Gasteiger partial charge in [-0.2, -0.15) is 5.10 Å². The van der Waals surface area contributed by atoms with Gasteiger partial charge in [-0.25, -0.2) is 9.48 Å². The third kappa shape index (κ3) is 5.75. The maximum Gasteiger partial charge on any atom is 0.319 e. The molecule has 1 aromatic heterocycles. The number of para-hydroxylation sites is 1. The number of carbonyl (C=O) groups excluding carboxylic acids is 2. The molecule has 1 aliphatic heterocycles. The molecule has 2 aromatic carbocycles. The minimum Gasteiger partial charge on any atom is -0.339 e. The van der Waals surface area contributed by atoms with E-state index in [2.05, 4.69) is 15.7 Å². The lowest BCUT2D eigenvalue weighted by Gasteiger charge is -2.20. The minimum absolute atomic E-state index is 0.0674. The summed E-state index contributed by atoms with van der Waals surface area (Å²) in [6.45, 7) is 2.12. The second-order valence-electron chi connectivity index (χ2n) is 8.00. The first-order valence-corrected chi connectivity index (χ1v) is 11.2. The predicted molar refractivity (Wildman–Crippen MR) is 125 cm³/mol. The summed E-state index contributed by atoms with van der Waals surface area (Å²) in [5.74, 6) is 0.0674. The van der Waals surface area contributed by atoms with Gasteiger partial charge in [-0.05, 0) is 55.3 Å². The van der Waals surface area contributed by atoms with Crippen molar-refractivity contribution in [2.75, 3.05) is 25.0 Å². The number of hydrogen-bond acceptors (Lipinski definition) is 3. The van der Waals surface area contributed by atoms with Gasteiger partial charge in [-0.3, -0.25) is 4.79 Å². The highest BCUT2D eigenvalue weighted by Crippen LogP contribution is 2.15. The Kier molecular flexibility index (Phi) is 7.17. The molecule has 2 N–H and O–H groups in total. The third-order valence-corrected chi connectivity index (χ3v) is 5.61. The molecule has 3 aromatic rings. The van der Waals surface area contributed by atoms with Gasteiger partial charge in [0.15, 0.2) is 0 Å². The molecule has 3 amide bonds. The first-order valence-electron chi connectivity index (χ1n) is 11.2. The molecule has 1 aliphatic rings. The van der Waals surface area contributed by atoms with Crippen molar-refractivity contribution in [3.63, 3.8) is 0 Å². The second kappa shape index (κ2) is 10.6. The Morgan fingerprint density at radius 2 is 1.59 bits per heavy atom. The normalized spacial score (nSPS) is 13.9. The summed E-state index contributed by atoms with van der Waals surface area (Å²) < 4.78 is 1.82. The highest BCUT2D eigenvalue weighted by Gasteiger charge is 2.17. The molecule has 0 atom stereocenters. The lowest BCUT2D eigenvalue weighted by molar-refractivity contribution is 0.0761. The summed E-state index contributed by atoms with van der Waals surface area (Å²) >= 11 is 0. The Bertz CT molecular complexity index is 1020. The summed E-state index contributed by atoms with van der Waals surface area (Å²) in [7, 11) is 0. The van der Waals surface area contributed by atoms with Crippen molar-refractivity contribution < 1.29 is 9.59 Å². The standard InChI is InChI=1S/C25H29N5O2/c31-24(29-17-6-1-2-7-18-29)20-10-12-21(13-11-20)27-25(32)26-16-14-22-15-19-30(28-22)23-8-4-3-5-9-23/h3-5,8-13,15,19H,1-2,6-7,14,16-18H2,(H2,26,27,32). The van der Waals surface area contributed by atoms with Crippen LogP contribution in [0.15, 0.2) is 66.9 Å². The Hall–Kier alpha value is -3.61. The van der Waals surface area contributed by atoms with Crippen LogP contribution in [0.2, 0.25) is 0 Å². The molecule has 0 unspecified atom stereocenters. The zero-order valence-corrected chi connectivity index (χ0v) is 18.2. The molecular formula is C25H29N5O2. The Morgan fingerprint density at radius 1 is 0.875 bits per heavy atom. The second-order valence-corrected chi connectivity index (χ2v) is 8.00. The molecule has 0 radical (unpaired) electrons. The molecule has 7 nitrogen and oxygen atoms in total. The van der Waals surface area contributed by atoms with Crippen LogP contribution < -0.4 is 10.6 Å². The van der Waals surface area contributed by atoms with Crippen molar-refractivity contribution in [1.82, 2.24) is 20.0 Å². The average Bonchev–Trinajstić information content (AvgIpc) is 3.12. The van der Waals surface area contributed by atoms with Crippen LogP contribution >= 0.6 is 0 Å². The smallest absolute Gasteiger partial charge is 0.319 e. The molecule has 7 heteroatoms. The van der Waals surface area contributed by atoms with Gasteiger partial charge in [-0.15, -0.1) is 0 Å². The maximum absolute atomic E-state index is 12.7. The van der Waals surface area contributed by atoms with Gasteiger partial charge in [-0.1, -0.05) is 31.0 Å². The van der Waals surface area contributed by atoms with Gasteiger partial charge in [0.25, 0.3) is 5.91 Å². The summed E-state index contributed by atoms with van der Waals surface area (Å²) in [5, 5.41) is 10.2. The number of amides is 3. The van der Waals surface area contributed by atoms with Crippen molar-refractivity contribution in [2.24, 2.45) is 0 Å². The first kappa shape index (κ1) is 21.6. The van der Waals surface area contributed by atoms with Gasteiger partial charge in [0, 0.05) is 43.5 Å². The fourth-order valence-electron chi connectivity index (χ4n) is 3.85. The lowest BCUT2D eigenvalue weighted by Crippen LogP contribution is -2.32. The van der Waals surface area contributed by atoms with Crippen LogP contribution in [0.1, 0.15) is 41.7 Å². The Labute approximate surface area is 188 Å². The number of likely N-dealkylation sites (tertiary alicyclic amines) is 1. The lowest BCUT2D eigenvalue weighted by atomic mass is 10.1. The van der Waals surface area contributed by atoms with E-state index in [1.807, 2.05) is 52.2 Å². The number of hydrogen-bond donors (Lipinski definition) is 2. The number of nitrogens with one attached hydrogen (secondary N) is 2. The van der Waals surface area contributed by atoms with E-state index in [0.29, 0.717) is 24.2 Å². The van der Waals surface area contributed by atoms with Crippen molar-refractivity contribution in [3.05, 3.63) is 78.1 Å². The van der Waals surface area contributed by atoms with E-state index in [-0.39, 0.29) is 11.9 Å². The van der Waals surface area contributed by atoms with Crippen molar-refractivity contribution in [2.45, 2.75) is 32.1 Å². The van der Waals surface area contributed by atoms with Crippen LogP contribution in [-0.2, 0) is 6.42 Å². The quantitative estimate of drug-likeness (QED) is 0.612. The minimum atomic E-state index is -0.279. The Balaban J connectivity index is 1.23. The van der Waals surface area contributed by atoms with Crippen molar-refractivity contribution >= 4 is 17.6 Å². The van der Waals surface area contributed by atoms with Crippen LogP contribution in [0.3, 0.4) is 0 Å². The molecule has 166 valence electrons. The van der Waals surface area contributed by atoms with Gasteiger partial charge < -0.3 is 15.5 Å². The van der Waals surface area contributed by atoms with E-state index in [1.54, 1.807) is 24.3 Å². The molecule has 0 spiro atoms. The van der Waals surface area contributed by atoms with E-state index in [0.717, 1.165) is 37.3 Å². The summed E-state index contributed by atoms with van der Waals surface area (Å²) in [6.07, 6.45) is 7.07. The molecular weight excluding hydrogens is 402 g/mol. The van der Waals surface area contributed by atoms with Crippen molar-refractivity contribution in [1.29, 1.82) is 0 Å². The maximum atomic E-state index is 12.7. The predicted octanol–water partition coefficient (Wildman–Crippen LogP) is 4.25. The fourth-order valence-corrected chi connectivity index (χ4v) is 3.85. The van der Waals surface area contributed by atoms with E-state index >= 15 is 0 Å². The molecule has 4 rings (SSSR count). The van der Waals surface area contributed by atoms with Crippen molar-refractivity contribution in [3.8, 4) is 5.69 Å². The zero-order chi connectivity index (χ0) is 22.2. The number of benzene rings is 2. The summed E-state index contributed by atoms with van der Waals surface area (Å²) in [4.78, 5) is 26.8. The molecule has 1 fully saturated rings. The zero-order valence-electron chi connectivity index (χ0n) is 18.2. The third-order valence-electron chi connectivity index (χ3n) is 5.61. The molecule has 1 saturated heterocycles. The van der Waals surface area contributed by atoms with Crippen LogP contribution in [-0.4, -0.2) is 46.3 Å². The fraction of sp³-hybridized carbons (Fsp3) is 0.320. The summed E-state index contributed by atoms with van der Waals surface area (Å²) in [6, 6.07) is 18.7.